The average Bonchev–Trinajstić information content (AvgIpc) is 2.99. The van der Waals surface area contributed by atoms with Crippen molar-refractivity contribution in [2.75, 3.05) is 25.1 Å². The lowest BCUT2D eigenvalue weighted by Gasteiger charge is -2.13. The number of carbonyl (C=O) groups excluding carboxylic acids is 4. The van der Waals surface area contributed by atoms with Crippen LogP contribution in [0.4, 0.5) is 10.5 Å². The number of hydrogen-bond donors (Lipinski definition) is 1. The smallest absolute Gasteiger partial charge is 0.344 e. The van der Waals surface area contributed by atoms with Gasteiger partial charge in [-0.25, -0.2) is 4.79 Å². The highest BCUT2D eigenvalue weighted by atomic mass is 35.5. The van der Waals surface area contributed by atoms with Gasteiger partial charge in [0, 0.05) is 5.69 Å². The van der Waals surface area contributed by atoms with Crippen LogP contribution < -0.4 is 10.1 Å². The van der Waals surface area contributed by atoms with E-state index in [1.165, 1.54) is 18.2 Å². The predicted octanol–water partition coefficient (Wildman–Crippen LogP) is 5.23. The molecule has 184 valence electrons. The maximum Gasteiger partial charge on any atom is 0.344 e. The Bertz CT molecular complexity index is 1190. The fourth-order valence-electron chi connectivity index (χ4n) is 3.31. The van der Waals surface area contributed by atoms with Gasteiger partial charge in [0.15, 0.2) is 12.4 Å². The molecule has 1 fully saturated rings. The zero-order valence-corrected chi connectivity index (χ0v) is 21.5. The van der Waals surface area contributed by atoms with Crippen molar-refractivity contribution in [2.24, 2.45) is 0 Å². The number of hydrogen-bond acceptors (Lipinski definition) is 7. The van der Waals surface area contributed by atoms with E-state index in [0.29, 0.717) is 23.0 Å². The maximum absolute atomic E-state index is 12.8. The Morgan fingerprint density at radius 1 is 1.06 bits per heavy atom. The minimum absolute atomic E-state index is 0.0923. The quantitative estimate of drug-likeness (QED) is 0.364. The van der Waals surface area contributed by atoms with Gasteiger partial charge in [0.2, 0.25) is 5.91 Å². The first-order valence-electron chi connectivity index (χ1n) is 10.5. The van der Waals surface area contributed by atoms with Crippen LogP contribution in [0, 0.1) is 13.8 Å². The van der Waals surface area contributed by atoms with Crippen LogP contribution in [0.15, 0.2) is 35.2 Å². The van der Waals surface area contributed by atoms with Crippen molar-refractivity contribution in [3.8, 4) is 5.75 Å². The van der Waals surface area contributed by atoms with Gasteiger partial charge in [0.05, 0.1) is 21.6 Å². The van der Waals surface area contributed by atoms with Crippen molar-refractivity contribution in [3.05, 3.63) is 62.0 Å². The van der Waals surface area contributed by atoms with Gasteiger partial charge in [0.1, 0.15) is 6.54 Å². The van der Waals surface area contributed by atoms with Gasteiger partial charge >= 0.3 is 5.97 Å². The van der Waals surface area contributed by atoms with Gasteiger partial charge < -0.3 is 14.8 Å². The van der Waals surface area contributed by atoms with Gasteiger partial charge in [-0.1, -0.05) is 29.3 Å². The summed E-state index contributed by atoms with van der Waals surface area (Å²) in [5.41, 5.74) is 2.98. The minimum atomic E-state index is -0.606. The van der Waals surface area contributed by atoms with Gasteiger partial charge in [-0.3, -0.25) is 19.3 Å². The third kappa shape index (κ3) is 7.00. The van der Waals surface area contributed by atoms with Gasteiger partial charge in [0.25, 0.3) is 11.1 Å². The van der Waals surface area contributed by atoms with Crippen LogP contribution in [-0.4, -0.2) is 47.7 Å². The van der Waals surface area contributed by atoms with E-state index in [9.17, 15) is 19.2 Å². The highest BCUT2D eigenvalue weighted by Crippen LogP contribution is 2.37. The summed E-state index contributed by atoms with van der Waals surface area (Å²) in [5.74, 6) is -1.58. The molecule has 0 bridgehead atoms. The Labute approximate surface area is 216 Å². The fourth-order valence-corrected chi connectivity index (χ4v) is 4.76. The highest BCUT2D eigenvalue weighted by molar-refractivity contribution is 8.18. The lowest BCUT2D eigenvalue weighted by atomic mass is 10.1. The lowest BCUT2D eigenvalue weighted by molar-refractivity contribution is -0.145. The second kappa shape index (κ2) is 11.6. The zero-order chi connectivity index (χ0) is 25.7. The van der Waals surface area contributed by atoms with Crippen LogP contribution in [0.25, 0.3) is 6.08 Å². The molecule has 2 aromatic carbocycles. The molecule has 0 aromatic heterocycles. The second-order valence-corrected chi connectivity index (χ2v) is 9.41. The Balaban J connectivity index is 1.70. The fraction of sp³-hybridized carbons (Fsp3) is 0.250. The molecule has 1 aliphatic heterocycles. The van der Waals surface area contributed by atoms with Crippen molar-refractivity contribution in [3.63, 3.8) is 0 Å². The van der Waals surface area contributed by atoms with Crippen LogP contribution in [-0.2, 0) is 19.1 Å². The molecule has 1 saturated heterocycles. The summed E-state index contributed by atoms with van der Waals surface area (Å²) in [6, 6.07) is 8.52. The monoisotopic (exact) mass is 536 g/mol. The molecular formula is C24H22Cl2N2O6S. The number of nitrogens with zero attached hydrogens (tertiary/aromatic N) is 1. The number of aryl methyl sites for hydroxylation is 2. The molecular weight excluding hydrogens is 515 g/mol. The summed E-state index contributed by atoms with van der Waals surface area (Å²) in [7, 11) is 0. The van der Waals surface area contributed by atoms with Crippen LogP contribution in [0.5, 0.6) is 5.75 Å². The molecule has 0 saturated carbocycles. The molecule has 1 heterocycles. The van der Waals surface area contributed by atoms with E-state index in [4.69, 9.17) is 32.7 Å². The first kappa shape index (κ1) is 26.6. The number of thioether (sulfide) groups is 1. The molecule has 0 aliphatic carbocycles. The molecule has 3 rings (SSSR count). The third-order valence-electron chi connectivity index (χ3n) is 4.64. The summed E-state index contributed by atoms with van der Waals surface area (Å²) < 4.78 is 10.1. The SMILES string of the molecule is CCOC(=O)COc1c(Cl)cc(/C=C2\SC(=O)N(CC(=O)Nc3cc(C)cc(C)c3)C2=O)cc1Cl. The number of esters is 1. The first-order valence-corrected chi connectivity index (χ1v) is 12.1. The van der Waals surface area contributed by atoms with E-state index < -0.39 is 29.6 Å². The molecule has 11 heteroatoms. The van der Waals surface area contributed by atoms with Crippen LogP contribution in [0.3, 0.4) is 0 Å². The number of carbonyl (C=O) groups is 4. The van der Waals surface area contributed by atoms with Crippen LogP contribution in [0.2, 0.25) is 10.0 Å². The van der Waals surface area contributed by atoms with Crippen molar-refractivity contribution in [2.45, 2.75) is 20.8 Å². The molecule has 0 atom stereocenters. The van der Waals surface area contributed by atoms with E-state index >= 15 is 0 Å². The summed E-state index contributed by atoms with van der Waals surface area (Å²) in [6.07, 6.45) is 1.44. The number of benzene rings is 2. The minimum Gasteiger partial charge on any atom is -0.479 e. The first-order chi connectivity index (χ1) is 16.6. The van der Waals surface area contributed by atoms with E-state index in [-0.39, 0.29) is 33.9 Å². The van der Waals surface area contributed by atoms with Gasteiger partial charge in [-0.05, 0) is 79.6 Å². The van der Waals surface area contributed by atoms with E-state index in [1.807, 2.05) is 19.9 Å². The largest absolute Gasteiger partial charge is 0.479 e. The second-order valence-electron chi connectivity index (χ2n) is 7.60. The molecule has 8 nitrogen and oxygen atoms in total. The van der Waals surface area contributed by atoms with Crippen molar-refractivity contribution < 1.29 is 28.7 Å². The Morgan fingerprint density at radius 2 is 1.69 bits per heavy atom. The summed E-state index contributed by atoms with van der Waals surface area (Å²) >= 11 is 13.2. The van der Waals surface area contributed by atoms with E-state index in [2.05, 4.69) is 5.32 Å². The molecule has 3 amide bonds. The highest BCUT2D eigenvalue weighted by Gasteiger charge is 2.36. The number of anilines is 1. The number of imide groups is 1. The Hall–Kier alpha value is -3.01. The van der Waals surface area contributed by atoms with E-state index in [1.54, 1.807) is 19.1 Å². The molecule has 2 aromatic rings. The predicted molar refractivity (Wildman–Crippen MR) is 136 cm³/mol. The van der Waals surface area contributed by atoms with Crippen molar-refractivity contribution >= 4 is 69.8 Å². The van der Waals surface area contributed by atoms with Gasteiger partial charge in [-0.15, -0.1) is 0 Å². The number of amides is 3. The molecule has 0 radical (unpaired) electrons. The Kier molecular flexibility index (Phi) is 8.82. The molecule has 1 aliphatic rings. The number of halogens is 2. The molecule has 0 unspecified atom stereocenters. The van der Waals surface area contributed by atoms with E-state index in [0.717, 1.165) is 16.0 Å². The third-order valence-corrected chi connectivity index (χ3v) is 6.11. The van der Waals surface area contributed by atoms with Crippen molar-refractivity contribution in [1.29, 1.82) is 0 Å². The lowest BCUT2D eigenvalue weighted by Crippen LogP contribution is -2.36. The molecule has 1 N–H and O–H groups in total. The number of nitrogens with one attached hydrogen (secondary N) is 1. The topological polar surface area (TPSA) is 102 Å². The molecule has 35 heavy (non-hydrogen) atoms. The maximum atomic E-state index is 12.8. The van der Waals surface area contributed by atoms with Crippen molar-refractivity contribution in [1.82, 2.24) is 4.90 Å². The zero-order valence-electron chi connectivity index (χ0n) is 19.1. The number of ether oxygens (including phenoxy) is 2. The standard InChI is InChI=1S/C24H22Cl2N2O6S/c1-4-33-21(30)12-34-22-17(25)8-15(9-18(22)26)10-19-23(31)28(24(32)35-19)11-20(29)27-16-6-13(2)5-14(3)7-16/h5-10H,4,11-12H2,1-3H3,(H,27,29)/b19-10-. The average molecular weight is 537 g/mol. The number of rotatable bonds is 8. The molecule has 0 spiro atoms. The van der Waals surface area contributed by atoms with Gasteiger partial charge in [-0.2, -0.15) is 0 Å². The van der Waals surface area contributed by atoms with Crippen LogP contribution >= 0.6 is 35.0 Å². The summed E-state index contributed by atoms with van der Waals surface area (Å²) in [4.78, 5) is 50.1. The van der Waals surface area contributed by atoms with Crippen LogP contribution in [0.1, 0.15) is 23.6 Å². The normalized spacial score (nSPS) is 14.4. The summed E-state index contributed by atoms with van der Waals surface area (Å²) in [6.45, 7) is 4.91. The Morgan fingerprint density at radius 3 is 2.29 bits per heavy atom. The summed E-state index contributed by atoms with van der Waals surface area (Å²) in [5, 5.41) is 2.37.